The molecule has 2 aromatic carbocycles. The van der Waals surface area contributed by atoms with Crippen LogP contribution in [-0.2, 0) is 7.05 Å². The summed E-state index contributed by atoms with van der Waals surface area (Å²) in [6.07, 6.45) is 0. The topological polar surface area (TPSA) is 40.5 Å². The Labute approximate surface area is 198 Å². The molecule has 33 heavy (non-hydrogen) atoms. The predicted octanol–water partition coefficient (Wildman–Crippen LogP) is 4.48. The molecule has 0 atom stereocenters. The number of amides is 1. The van der Waals surface area contributed by atoms with E-state index < -0.39 is 0 Å². The van der Waals surface area contributed by atoms with Crippen molar-refractivity contribution in [1.82, 2.24) is 14.8 Å². The number of rotatable bonds is 6. The molecule has 1 aliphatic rings. The van der Waals surface area contributed by atoms with Crippen molar-refractivity contribution in [3.63, 3.8) is 0 Å². The highest BCUT2D eigenvalue weighted by molar-refractivity contribution is 5.99. The lowest BCUT2D eigenvalue weighted by atomic mass is 10.0. The first-order valence-electron chi connectivity index (χ1n) is 11.9. The first-order chi connectivity index (χ1) is 15.9. The number of piperazine rings is 1. The van der Waals surface area contributed by atoms with Crippen molar-refractivity contribution in [2.75, 3.05) is 44.2 Å². The third-order valence-electron chi connectivity index (χ3n) is 7.21. The van der Waals surface area contributed by atoms with Crippen LogP contribution >= 0.6 is 0 Å². The molecule has 1 amide bonds. The molecule has 4 rings (SSSR count). The maximum absolute atomic E-state index is 13.1. The van der Waals surface area contributed by atoms with Crippen molar-refractivity contribution < 1.29 is 4.79 Å². The smallest absolute Gasteiger partial charge is 0.253 e. The second-order valence-electron chi connectivity index (χ2n) is 9.16. The zero-order chi connectivity index (χ0) is 23.5. The van der Waals surface area contributed by atoms with Crippen LogP contribution in [0.3, 0.4) is 0 Å². The first kappa shape index (κ1) is 23.1. The van der Waals surface area contributed by atoms with Gasteiger partial charge in [-0.15, -0.1) is 0 Å². The molecule has 0 spiro atoms. The SMILES string of the molecule is Cc1cccc(N2CCN(CCNC(=O)c3c(C)c(-c4ccccc4)n(C)c3C)CC2)c1C. The minimum atomic E-state index is 0.0248. The van der Waals surface area contributed by atoms with Crippen molar-refractivity contribution in [2.45, 2.75) is 27.7 Å². The average molecular weight is 445 g/mol. The highest BCUT2D eigenvalue weighted by Crippen LogP contribution is 2.30. The molecular formula is C28H36N4O. The molecule has 1 fully saturated rings. The number of hydrogen-bond acceptors (Lipinski definition) is 3. The zero-order valence-electron chi connectivity index (χ0n) is 20.6. The maximum atomic E-state index is 13.1. The third kappa shape index (κ3) is 4.69. The second kappa shape index (κ2) is 9.84. The molecule has 0 bridgehead atoms. The van der Waals surface area contributed by atoms with Crippen LogP contribution in [0.2, 0.25) is 0 Å². The van der Waals surface area contributed by atoms with Gasteiger partial charge in [0.2, 0.25) is 0 Å². The van der Waals surface area contributed by atoms with E-state index in [0.29, 0.717) is 6.54 Å². The molecule has 1 aromatic heterocycles. The van der Waals surface area contributed by atoms with Gasteiger partial charge in [-0.2, -0.15) is 0 Å². The third-order valence-corrected chi connectivity index (χ3v) is 7.21. The van der Waals surface area contributed by atoms with Crippen LogP contribution in [0.25, 0.3) is 11.3 Å². The number of nitrogens with one attached hydrogen (secondary N) is 1. The van der Waals surface area contributed by atoms with Crippen molar-refractivity contribution in [1.29, 1.82) is 0 Å². The predicted molar refractivity (Wildman–Crippen MR) is 137 cm³/mol. The normalized spacial score (nSPS) is 14.5. The molecule has 1 N–H and O–H groups in total. The van der Waals surface area contributed by atoms with Crippen LogP contribution in [-0.4, -0.2) is 54.6 Å². The van der Waals surface area contributed by atoms with E-state index in [1.807, 2.05) is 32.2 Å². The summed E-state index contributed by atoms with van der Waals surface area (Å²) in [5, 5.41) is 3.17. The molecule has 0 radical (unpaired) electrons. The standard InChI is InChI=1S/C28H36N4O/c1-20-10-9-13-25(21(20)2)32-18-16-31(17-19-32)15-14-29-28(33)26-22(3)27(30(5)23(26)4)24-11-7-6-8-12-24/h6-13H,14-19H2,1-5H3,(H,29,33). The Morgan fingerprint density at radius 3 is 2.27 bits per heavy atom. The van der Waals surface area contributed by atoms with Gasteiger partial charge < -0.3 is 14.8 Å². The minimum Gasteiger partial charge on any atom is -0.369 e. The molecule has 174 valence electrons. The molecule has 1 saturated heterocycles. The second-order valence-corrected chi connectivity index (χ2v) is 9.16. The van der Waals surface area contributed by atoms with Gasteiger partial charge in [-0.1, -0.05) is 42.5 Å². The van der Waals surface area contributed by atoms with Crippen LogP contribution in [0.5, 0.6) is 0 Å². The van der Waals surface area contributed by atoms with Gasteiger partial charge in [0.25, 0.3) is 5.91 Å². The van der Waals surface area contributed by atoms with E-state index in [2.05, 4.69) is 70.8 Å². The molecule has 5 nitrogen and oxygen atoms in total. The summed E-state index contributed by atoms with van der Waals surface area (Å²) in [7, 11) is 2.04. The van der Waals surface area contributed by atoms with Crippen molar-refractivity contribution in [3.05, 3.63) is 76.5 Å². The molecule has 0 saturated carbocycles. The zero-order valence-corrected chi connectivity index (χ0v) is 20.6. The van der Waals surface area contributed by atoms with E-state index >= 15 is 0 Å². The summed E-state index contributed by atoms with van der Waals surface area (Å²) < 4.78 is 2.13. The lowest BCUT2D eigenvalue weighted by Crippen LogP contribution is -2.48. The summed E-state index contributed by atoms with van der Waals surface area (Å²) in [6.45, 7) is 14.1. The van der Waals surface area contributed by atoms with Crippen molar-refractivity contribution in [3.8, 4) is 11.3 Å². The molecular weight excluding hydrogens is 408 g/mol. The van der Waals surface area contributed by atoms with Gasteiger partial charge in [0, 0.05) is 57.7 Å². The Hall–Kier alpha value is -3.05. The Bertz CT molecular complexity index is 1120. The largest absolute Gasteiger partial charge is 0.369 e. The Balaban J connectivity index is 1.33. The van der Waals surface area contributed by atoms with Gasteiger partial charge in [-0.05, 0) is 56.0 Å². The molecule has 1 aliphatic heterocycles. The van der Waals surface area contributed by atoms with Crippen LogP contribution in [0.4, 0.5) is 5.69 Å². The van der Waals surface area contributed by atoms with E-state index in [0.717, 1.165) is 60.8 Å². The molecule has 0 aliphatic carbocycles. The number of aryl methyl sites for hydroxylation is 1. The summed E-state index contributed by atoms with van der Waals surface area (Å²) >= 11 is 0. The number of carbonyl (C=O) groups is 1. The van der Waals surface area contributed by atoms with Gasteiger partial charge in [0.15, 0.2) is 0 Å². The average Bonchev–Trinajstić information content (AvgIpc) is 3.04. The van der Waals surface area contributed by atoms with Crippen LogP contribution < -0.4 is 10.2 Å². The van der Waals surface area contributed by atoms with Gasteiger partial charge in [0.1, 0.15) is 0 Å². The molecule has 0 unspecified atom stereocenters. The van der Waals surface area contributed by atoms with E-state index in [1.165, 1.54) is 16.8 Å². The van der Waals surface area contributed by atoms with Crippen LogP contribution in [0, 0.1) is 27.7 Å². The first-order valence-corrected chi connectivity index (χ1v) is 11.9. The lowest BCUT2D eigenvalue weighted by molar-refractivity contribution is 0.0946. The summed E-state index contributed by atoms with van der Waals surface area (Å²) in [4.78, 5) is 18.0. The van der Waals surface area contributed by atoms with E-state index in [4.69, 9.17) is 0 Å². The number of aromatic nitrogens is 1. The summed E-state index contributed by atoms with van der Waals surface area (Å²) in [6, 6.07) is 16.8. The number of hydrogen-bond donors (Lipinski definition) is 1. The summed E-state index contributed by atoms with van der Waals surface area (Å²) in [5.41, 5.74) is 9.18. The number of anilines is 1. The quantitative estimate of drug-likeness (QED) is 0.610. The Kier molecular flexibility index (Phi) is 6.89. The van der Waals surface area contributed by atoms with E-state index in [9.17, 15) is 4.79 Å². The van der Waals surface area contributed by atoms with Gasteiger partial charge >= 0.3 is 0 Å². The highest BCUT2D eigenvalue weighted by atomic mass is 16.1. The van der Waals surface area contributed by atoms with E-state index in [-0.39, 0.29) is 5.91 Å². The molecule has 5 heteroatoms. The van der Waals surface area contributed by atoms with E-state index in [1.54, 1.807) is 0 Å². The van der Waals surface area contributed by atoms with Crippen LogP contribution in [0.15, 0.2) is 48.5 Å². The fourth-order valence-corrected chi connectivity index (χ4v) is 5.02. The van der Waals surface area contributed by atoms with Crippen LogP contribution in [0.1, 0.15) is 32.7 Å². The molecule has 2 heterocycles. The fraction of sp³-hybridized carbons (Fsp3) is 0.393. The fourth-order valence-electron chi connectivity index (χ4n) is 5.02. The van der Waals surface area contributed by atoms with Crippen molar-refractivity contribution in [2.24, 2.45) is 7.05 Å². The van der Waals surface area contributed by atoms with Gasteiger partial charge in [0.05, 0.1) is 11.3 Å². The maximum Gasteiger partial charge on any atom is 0.253 e. The molecule has 3 aromatic rings. The lowest BCUT2D eigenvalue weighted by Gasteiger charge is -2.37. The monoisotopic (exact) mass is 444 g/mol. The number of benzene rings is 2. The van der Waals surface area contributed by atoms with Crippen molar-refractivity contribution >= 4 is 11.6 Å². The number of nitrogens with zero attached hydrogens (tertiary/aromatic N) is 3. The van der Waals surface area contributed by atoms with Gasteiger partial charge in [-0.25, -0.2) is 0 Å². The summed E-state index contributed by atoms with van der Waals surface area (Å²) in [5.74, 6) is 0.0248. The Morgan fingerprint density at radius 2 is 1.58 bits per heavy atom. The number of carbonyl (C=O) groups excluding carboxylic acids is 1. The van der Waals surface area contributed by atoms with Gasteiger partial charge in [-0.3, -0.25) is 9.69 Å². The highest BCUT2D eigenvalue weighted by Gasteiger charge is 2.22. The minimum absolute atomic E-state index is 0.0248. The Morgan fingerprint density at radius 1 is 0.879 bits per heavy atom.